The summed E-state index contributed by atoms with van der Waals surface area (Å²) in [6, 6.07) is 18.0. The highest BCUT2D eigenvalue weighted by Gasteiger charge is 1.91. The number of hydrogen-bond acceptors (Lipinski definition) is 2. The molecule has 0 radical (unpaired) electrons. The summed E-state index contributed by atoms with van der Waals surface area (Å²) < 4.78 is 0. The van der Waals surface area contributed by atoms with Gasteiger partial charge < -0.3 is 0 Å². The molecule has 0 unspecified atom stereocenters. The van der Waals surface area contributed by atoms with Gasteiger partial charge in [0.2, 0.25) is 0 Å². The third-order valence-corrected chi connectivity index (χ3v) is 2.30. The predicted octanol–water partition coefficient (Wildman–Crippen LogP) is 3.62. The number of pyridine rings is 2. The van der Waals surface area contributed by atoms with Gasteiger partial charge >= 0.3 is 0 Å². The van der Waals surface area contributed by atoms with Crippen LogP contribution in [-0.4, -0.2) is 9.97 Å². The van der Waals surface area contributed by atoms with Crippen LogP contribution in [0.4, 0.5) is 0 Å². The van der Waals surface area contributed by atoms with Crippen molar-refractivity contribution >= 4 is 10.9 Å². The molecule has 0 bridgehead atoms. The fourth-order valence-electron chi connectivity index (χ4n) is 1.48. The van der Waals surface area contributed by atoms with Crippen LogP contribution in [0, 0.1) is 6.92 Å². The van der Waals surface area contributed by atoms with E-state index in [1.807, 2.05) is 49.4 Å². The number of rotatable bonds is 0. The average Bonchev–Trinajstić information content (AvgIpc) is 2.41. The molecule has 0 atom stereocenters. The summed E-state index contributed by atoms with van der Waals surface area (Å²) in [6.07, 6.45) is 3.50. The van der Waals surface area contributed by atoms with Crippen LogP contribution in [0.25, 0.3) is 10.9 Å². The van der Waals surface area contributed by atoms with E-state index >= 15 is 0 Å². The lowest BCUT2D eigenvalue weighted by Crippen LogP contribution is -1.80. The van der Waals surface area contributed by atoms with Gasteiger partial charge in [0.05, 0.1) is 5.52 Å². The highest BCUT2D eigenvalue weighted by atomic mass is 14.7. The van der Waals surface area contributed by atoms with Crippen molar-refractivity contribution in [3.8, 4) is 0 Å². The first-order valence-corrected chi connectivity index (χ1v) is 5.53. The van der Waals surface area contributed by atoms with Crippen molar-refractivity contribution in [2.24, 2.45) is 0 Å². The third-order valence-electron chi connectivity index (χ3n) is 2.30. The molecule has 1 aromatic carbocycles. The van der Waals surface area contributed by atoms with Gasteiger partial charge in [-0.25, -0.2) is 0 Å². The molecule has 0 aliphatic carbocycles. The molecule has 0 spiro atoms. The van der Waals surface area contributed by atoms with Crippen LogP contribution in [-0.2, 0) is 0 Å². The summed E-state index contributed by atoms with van der Waals surface area (Å²) in [5.41, 5.74) is 2.15. The van der Waals surface area contributed by atoms with Gasteiger partial charge in [0.25, 0.3) is 0 Å². The van der Waals surface area contributed by atoms with Gasteiger partial charge in [-0.15, -0.1) is 0 Å². The lowest BCUT2D eigenvalue weighted by molar-refractivity contribution is 1.26. The second-order valence-corrected chi connectivity index (χ2v) is 3.67. The van der Waals surface area contributed by atoms with Crippen molar-refractivity contribution in [3.63, 3.8) is 0 Å². The average molecular weight is 222 g/mol. The number of aryl methyl sites for hydroxylation is 1. The minimum Gasteiger partial charge on any atom is -0.265 e. The Bertz CT molecular complexity index is 550. The van der Waals surface area contributed by atoms with Crippen molar-refractivity contribution < 1.29 is 0 Å². The standard InChI is InChI=1S/C10H9N.C5H5N/c1-8-6-7-9-4-2-3-5-10(9)11-8;1-2-4-6-5-3-1/h2-7H,1H3;1-5H. The van der Waals surface area contributed by atoms with Crippen LogP contribution >= 0.6 is 0 Å². The number of fused-ring (bicyclic) bond motifs is 1. The van der Waals surface area contributed by atoms with Crippen molar-refractivity contribution in [3.05, 3.63) is 72.7 Å². The molecule has 3 aromatic rings. The SMILES string of the molecule is Cc1ccc2ccccc2n1.c1ccncc1. The highest BCUT2D eigenvalue weighted by molar-refractivity contribution is 5.78. The van der Waals surface area contributed by atoms with Crippen LogP contribution < -0.4 is 0 Å². The van der Waals surface area contributed by atoms with Gasteiger partial charge in [-0.05, 0) is 31.2 Å². The number of hydrogen-bond donors (Lipinski definition) is 0. The van der Waals surface area contributed by atoms with E-state index in [2.05, 4.69) is 22.1 Å². The molecular formula is C15H14N2. The molecular weight excluding hydrogens is 208 g/mol. The quantitative estimate of drug-likeness (QED) is 0.580. The largest absolute Gasteiger partial charge is 0.265 e. The fourth-order valence-corrected chi connectivity index (χ4v) is 1.48. The van der Waals surface area contributed by atoms with E-state index < -0.39 is 0 Å². The molecule has 17 heavy (non-hydrogen) atoms. The van der Waals surface area contributed by atoms with Gasteiger partial charge in [-0.3, -0.25) is 9.97 Å². The molecule has 0 aliphatic rings. The van der Waals surface area contributed by atoms with Gasteiger partial charge in [-0.1, -0.05) is 30.3 Å². The number of para-hydroxylation sites is 1. The minimum absolute atomic E-state index is 1.07. The Balaban J connectivity index is 0.000000153. The summed E-state index contributed by atoms with van der Waals surface area (Å²) >= 11 is 0. The molecule has 0 amide bonds. The second kappa shape index (κ2) is 5.75. The molecule has 2 nitrogen and oxygen atoms in total. The van der Waals surface area contributed by atoms with Crippen LogP contribution in [0.5, 0.6) is 0 Å². The number of benzene rings is 1. The highest BCUT2D eigenvalue weighted by Crippen LogP contribution is 2.10. The van der Waals surface area contributed by atoms with E-state index in [1.165, 1.54) is 5.39 Å². The summed E-state index contributed by atoms with van der Waals surface area (Å²) in [7, 11) is 0. The lowest BCUT2D eigenvalue weighted by Gasteiger charge is -1.95. The summed E-state index contributed by atoms with van der Waals surface area (Å²) in [6.45, 7) is 2.01. The molecule has 0 aliphatic heterocycles. The molecule has 0 fully saturated rings. The zero-order valence-corrected chi connectivity index (χ0v) is 9.75. The number of nitrogens with zero attached hydrogens (tertiary/aromatic N) is 2. The van der Waals surface area contributed by atoms with E-state index in [0.29, 0.717) is 0 Å². The zero-order valence-electron chi connectivity index (χ0n) is 9.75. The zero-order chi connectivity index (χ0) is 11.9. The Hall–Kier alpha value is -2.22. The summed E-state index contributed by atoms with van der Waals surface area (Å²) in [5, 5.41) is 1.21. The molecule has 3 rings (SSSR count). The maximum Gasteiger partial charge on any atom is 0.0705 e. The Kier molecular flexibility index (Phi) is 3.81. The predicted molar refractivity (Wildman–Crippen MR) is 70.7 cm³/mol. The van der Waals surface area contributed by atoms with Crippen LogP contribution in [0.15, 0.2) is 67.0 Å². The first kappa shape index (κ1) is 11.3. The molecule has 0 saturated carbocycles. The van der Waals surface area contributed by atoms with Crippen molar-refractivity contribution in [1.82, 2.24) is 9.97 Å². The maximum atomic E-state index is 4.38. The smallest absolute Gasteiger partial charge is 0.0705 e. The monoisotopic (exact) mass is 222 g/mol. The Labute approximate surface area is 101 Å². The van der Waals surface area contributed by atoms with E-state index in [-0.39, 0.29) is 0 Å². The van der Waals surface area contributed by atoms with Crippen LogP contribution in [0.2, 0.25) is 0 Å². The van der Waals surface area contributed by atoms with Crippen LogP contribution in [0.1, 0.15) is 5.69 Å². The van der Waals surface area contributed by atoms with Gasteiger partial charge in [0, 0.05) is 23.5 Å². The van der Waals surface area contributed by atoms with Crippen molar-refractivity contribution in [2.75, 3.05) is 0 Å². The molecule has 2 heteroatoms. The Morgan fingerprint density at radius 3 is 2.18 bits per heavy atom. The van der Waals surface area contributed by atoms with E-state index in [0.717, 1.165) is 11.2 Å². The topological polar surface area (TPSA) is 25.8 Å². The first-order chi connectivity index (χ1) is 8.36. The van der Waals surface area contributed by atoms with Crippen LogP contribution in [0.3, 0.4) is 0 Å². The fraction of sp³-hybridized carbons (Fsp3) is 0.0667. The lowest BCUT2D eigenvalue weighted by atomic mass is 10.2. The van der Waals surface area contributed by atoms with Gasteiger partial charge in [-0.2, -0.15) is 0 Å². The second-order valence-electron chi connectivity index (χ2n) is 3.67. The van der Waals surface area contributed by atoms with Gasteiger partial charge in [0.1, 0.15) is 0 Å². The molecule has 84 valence electrons. The van der Waals surface area contributed by atoms with Crippen molar-refractivity contribution in [2.45, 2.75) is 6.92 Å². The minimum atomic E-state index is 1.07. The Morgan fingerprint density at radius 2 is 1.53 bits per heavy atom. The molecule has 2 heterocycles. The molecule has 2 aromatic heterocycles. The summed E-state index contributed by atoms with van der Waals surface area (Å²) in [4.78, 5) is 8.16. The molecule has 0 N–H and O–H groups in total. The van der Waals surface area contributed by atoms with Crippen molar-refractivity contribution in [1.29, 1.82) is 0 Å². The van der Waals surface area contributed by atoms with E-state index in [4.69, 9.17) is 0 Å². The first-order valence-electron chi connectivity index (χ1n) is 5.53. The molecule has 0 saturated heterocycles. The normalized spacial score (nSPS) is 9.47. The third kappa shape index (κ3) is 3.38. The maximum absolute atomic E-state index is 4.38. The van der Waals surface area contributed by atoms with Gasteiger partial charge in [0.15, 0.2) is 0 Å². The number of aromatic nitrogens is 2. The summed E-state index contributed by atoms with van der Waals surface area (Å²) in [5.74, 6) is 0. The van der Waals surface area contributed by atoms with E-state index in [9.17, 15) is 0 Å². The van der Waals surface area contributed by atoms with E-state index in [1.54, 1.807) is 12.4 Å². The Morgan fingerprint density at radius 1 is 0.765 bits per heavy atom.